The number of aryl methyl sites for hydroxylation is 1. The van der Waals surface area contributed by atoms with Gasteiger partial charge in [0.2, 0.25) is 0 Å². The fraction of sp³-hybridized carbons (Fsp3) is 0.684. The third-order valence-corrected chi connectivity index (χ3v) is 8.29. The first-order valence-electron chi connectivity index (χ1n) is 10.1. The number of rotatable bonds is 5. The molecule has 168 valence electrons. The van der Waals surface area contributed by atoms with Crippen LogP contribution in [0.2, 0.25) is 0 Å². The molecule has 1 aromatic carbocycles. The van der Waals surface area contributed by atoms with Crippen LogP contribution < -0.4 is 19.2 Å². The standard InChI is InChI=1S/C19H28N2O7S2/c1-19-8-7-12-13(15(19)5-6-18(19)28-30(21,24)25)4-3-11-9-17(27-29(20,22)23)16(26-2)10-14(11)12/h9-10,12-13,15,18H,3-8H2,1-2H3,(H2,20,22,23)(H2,21,24,25)/t12?,13?,15?,18-,19-/m0/s1/i2-1. The van der Waals surface area contributed by atoms with Gasteiger partial charge in [-0.1, -0.05) is 6.92 Å². The number of fused-ring (bicyclic) bond motifs is 5. The van der Waals surface area contributed by atoms with Crippen molar-refractivity contribution >= 4 is 20.6 Å². The zero-order chi connectivity index (χ0) is 21.9. The minimum Gasteiger partial charge on any atom is -0.493 e. The molecule has 5 atom stereocenters. The number of ether oxygens (including phenoxy) is 1. The number of methoxy groups -OCH3 is 1. The van der Waals surface area contributed by atoms with Crippen LogP contribution in [0, 0.1) is 17.3 Å². The molecule has 0 aromatic heterocycles. The summed E-state index contributed by atoms with van der Waals surface area (Å²) < 4.78 is 61.4. The highest BCUT2D eigenvalue weighted by Gasteiger charge is 2.56. The molecule has 3 aliphatic carbocycles. The molecule has 9 nitrogen and oxygen atoms in total. The second kappa shape index (κ2) is 7.33. The molecule has 0 heterocycles. The van der Waals surface area contributed by atoms with Crippen molar-refractivity contribution in [2.24, 2.45) is 27.5 Å². The molecule has 0 bridgehead atoms. The van der Waals surface area contributed by atoms with Crippen LogP contribution >= 0.6 is 0 Å². The maximum atomic E-state index is 11.5. The van der Waals surface area contributed by atoms with Crippen LogP contribution in [0.1, 0.15) is 56.1 Å². The Balaban J connectivity index is 1.65. The molecule has 4 rings (SSSR count). The van der Waals surface area contributed by atoms with Crippen molar-refractivity contribution in [2.45, 2.75) is 57.5 Å². The Morgan fingerprint density at radius 3 is 2.37 bits per heavy atom. The van der Waals surface area contributed by atoms with E-state index in [2.05, 4.69) is 6.92 Å². The molecule has 1 aromatic rings. The Bertz CT molecular complexity index is 1060. The number of nitrogens with two attached hydrogens (primary N) is 2. The fourth-order valence-corrected chi connectivity index (χ4v) is 7.22. The number of hydrogen-bond acceptors (Lipinski definition) is 7. The van der Waals surface area contributed by atoms with E-state index in [1.165, 1.54) is 7.11 Å². The van der Waals surface area contributed by atoms with E-state index in [4.69, 9.17) is 23.4 Å². The largest absolute Gasteiger partial charge is 0.493 e. The lowest BCUT2D eigenvalue weighted by Gasteiger charge is -2.50. The van der Waals surface area contributed by atoms with Crippen LogP contribution in [0.3, 0.4) is 0 Å². The van der Waals surface area contributed by atoms with Gasteiger partial charge in [0.1, 0.15) is 0 Å². The van der Waals surface area contributed by atoms with E-state index in [-0.39, 0.29) is 23.2 Å². The van der Waals surface area contributed by atoms with Crippen molar-refractivity contribution < 1.29 is 29.9 Å². The van der Waals surface area contributed by atoms with Crippen molar-refractivity contribution in [1.82, 2.24) is 0 Å². The van der Waals surface area contributed by atoms with Crippen LogP contribution in [0.4, 0.5) is 0 Å². The monoisotopic (exact) mass is 459 g/mol. The third kappa shape index (κ3) is 3.93. The van der Waals surface area contributed by atoms with E-state index in [1.807, 2.05) is 6.07 Å². The number of hydrogen-bond donors (Lipinski definition) is 2. The zero-order valence-electron chi connectivity index (χ0n) is 17.0. The van der Waals surface area contributed by atoms with Gasteiger partial charge < -0.3 is 8.92 Å². The first kappa shape index (κ1) is 21.8. The Kier molecular flexibility index (Phi) is 5.33. The molecule has 3 unspecified atom stereocenters. The highest BCUT2D eigenvalue weighted by atomic mass is 32.2. The maximum absolute atomic E-state index is 11.5. The summed E-state index contributed by atoms with van der Waals surface area (Å²) in [5, 5.41) is 10.2. The predicted octanol–water partition coefficient (Wildman–Crippen LogP) is 1.72. The van der Waals surface area contributed by atoms with Crippen LogP contribution in [-0.2, 0) is 31.2 Å². The summed E-state index contributed by atoms with van der Waals surface area (Å²) in [5.41, 5.74) is 1.95. The summed E-state index contributed by atoms with van der Waals surface area (Å²) in [5.74, 6) is 1.44. The van der Waals surface area contributed by atoms with Crippen LogP contribution in [0.25, 0.3) is 0 Å². The maximum Gasteiger partial charge on any atom is 0.380 e. The van der Waals surface area contributed by atoms with Crippen molar-refractivity contribution in [3.05, 3.63) is 23.3 Å². The molecule has 4 N–H and O–H groups in total. The Morgan fingerprint density at radius 1 is 1.00 bits per heavy atom. The molecular formula is C19H28N2O7S2. The topological polar surface area (TPSA) is 148 Å². The Hall–Kier alpha value is -1.40. The van der Waals surface area contributed by atoms with Gasteiger partial charge in [0.15, 0.2) is 11.5 Å². The van der Waals surface area contributed by atoms with E-state index < -0.39 is 20.6 Å². The van der Waals surface area contributed by atoms with E-state index in [9.17, 15) is 16.8 Å². The van der Waals surface area contributed by atoms with Crippen molar-refractivity contribution in [3.63, 3.8) is 0 Å². The summed E-state index contributed by atoms with van der Waals surface area (Å²) in [4.78, 5) is 0. The third-order valence-electron chi connectivity index (χ3n) is 7.38. The zero-order valence-corrected chi connectivity index (χ0v) is 18.7. The summed E-state index contributed by atoms with van der Waals surface area (Å²) in [6.45, 7) is 2.12. The molecule has 2 saturated carbocycles. The van der Waals surface area contributed by atoms with E-state index >= 15 is 0 Å². The average Bonchev–Trinajstić information content (AvgIpc) is 2.94. The first-order valence-corrected chi connectivity index (χ1v) is 13.0. The fourth-order valence-electron chi connectivity index (χ4n) is 6.20. The minimum atomic E-state index is -4.15. The smallest absolute Gasteiger partial charge is 0.380 e. The van der Waals surface area contributed by atoms with Gasteiger partial charge >= 0.3 is 20.6 Å². The molecule has 0 radical (unpaired) electrons. The van der Waals surface area contributed by atoms with E-state index in [1.54, 1.807) is 6.07 Å². The Morgan fingerprint density at radius 2 is 1.73 bits per heavy atom. The lowest BCUT2D eigenvalue weighted by molar-refractivity contribution is -0.00805. The van der Waals surface area contributed by atoms with Crippen molar-refractivity contribution in [1.29, 1.82) is 0 Å². The van der Waals surface area contributed by atoms with Gasteiger partial charge in [-0.05, 0) is 85.0 Å². The van der Waals surface area contributed by atoms with Crippen molar-refractivity contribution in [2.75, 3.05) is 7.11 Å². The molecule has 0 aliphatic heterocycles. The molecule has 2 fully saturated rings. The van der Waals surface area contributed by atoms with Gasteiger partial charge in [0.25, 0.3) is 0 Å². The van der Waals surface area contributed by atoms with Gasteiger partial charge in [0, 0.05) is 0 Å². The SMILES string of the molecule is C[C@]12CCC3c4cc(O[11CH3])c(OS(N)(=O)=O)cc4CCC3C1CC[C@@H]2OS(N)(=O)=O. The average molecular weight is 460 g/mol. The van der Waals surface area contributed by atoms with Crippen LogP contribution in [0.5, 0.6) is 11.5 Å². The highest BCUT2D eigenvalue weighted by molar-refractivity contribution is 7.84. The van der Waals surface area contributed by atoms with E-state index in [0.29, 0.717) is 24.0 Å². The van der Waals surface area contributed by atoms with Crippen molar-refractivity contribution in [3.8, 4) is 11.5 Å². The number of benzene rings is 1. The molecular weight excluding hydrogens is 431 g/mol. The summed E-state index contributed by atoms with van der Waals surface area (Å²) in [7, 11) is -6.69. The summed E-state index contributed by atoms with van der Waals surface area (Å²) >= 11 is 0. The van der Waals surface area contributed by atoms with Gasteiger partial charge in [-0.25, -0.2) is 5.14 Å². The Labute approximate surface area is 177 Å². The molecule has 11 heteroatoms. The quantitative estimate of drug-likeness (QED) is 0.681. The van der Waals surface area contributed by atoms with Crippen LogP contribution in [0.15, 0.2) is 12.1 Å². The summed E-state index contributed by atoms with van der Waals surface area (Å²) in [6.07, 6.45) is 4.61. The molecule has 30 heavy (non-hydrogen) atoms. The van der Waals surface area contributed by atoms with Gasteiger partial charge in [0.05, 0.1) is 13.2 Å². The highest BCUT2D eigenvalue weighted by Crippen LogP contribution is 2.62. The lowest BCUT2D eigenvalue weighted by Crippen LogP contribution is -2.45. The first-order chi connectivity index (χ1) is 13.9. The second-order valence-corrected chi connectivity index (χ2v) is 11.2. The van der Waals surface area contributed by atoms with Gasteiger partial charge in [-0.15, -0.1) is 0 Å². The van der Waals surface area contributed by atoms with E-state index in [0.717, 1.165) is 43.2 Å². The summed E-state index contributed by atoms with van der Waals surface area (Å²) in [6, 6.07) is 3.58. The minimum absolute atomic E-state index is 0.0975. The van der Waals surface area contributed by atoms with Gasteiger partial charge in [-0.3, -0.25) is 4.18 Å². The predicted molar refractivity (Wildman–Crippen MR) is 109 cm³/mol. The molecule has 0 saturated heterocycles. The molecule has 3 aliphatic rings. The van der Waals surface area contributed by atoms with Crippen LogP contribution in [-0.4, -0.2) is 30.0 Å². The molecule has 0 spiro atoms. The lowest BCUT2D eigenvalue weighted by atomic mass is 9.55. The molecule has 0 amide bonds. The van der Waals surface area contributed by atoms with Gasteiger partial charge in [-0.2, -0.15) is 22.0 Å². The normalized spacial score (nSPS) is 33.3. The second-order valence-electron chi connectivity index (χ2n) is 8.89.